The van der Waals surface area contributed by atoms with Crippen LogP contribution >= 0.6 is 27.4 Å². The second-order valence-corrected chi connectivity index (χ2v) is 11.5. The van der Waals surface area contributed by atoms with E-state index in [4.69, 9.17) is 25.6 Å². The zero-order valence-electron chi connectivity index (χ0n) is 18.6. The first-order valence-electron chi connectivity index (χ1n) is 9.84. The summed E-state index contributed by atoms with van der Waals surface area (Å²) in [5.74, 6) is -0.799. The maximum absolute atomic E-state index is 12.3. The second-order valence-electron chi connectivity index (χ2n) is 7.11. The van der Waals surface area contributed by atoms with Gasteiger partial charge in [0.2, 0.25) is 11.8 Å². The summed E-state index contributed by atoms with van der Waals surface area (Å²) in [6, 6.07) is 6.31. The maximum Gasteiger partial charge on any atom is 0.469 e. The van der Waals surface area contributed by atoms with Crippen molar-refractivity contribution in [3.05, 3.63) is 12.2 Å². The van der Waals surface area contributed by atoms with E-state index in [2.05, 4.69) is 20.9 Å². The highest BCUT2D eigenvalue weighted by Crippen LogP contribution is 2.41. The monoisotopic (exact) mass is 546 g/mol. The summed E-state index contributed by atoms with van der Waals surface area (Å²) in [4.78, 5) is 61.5. The van der Waals surface area contributed by atoms with Crippen LogP contribution in [0.5, 0.6) is 0 Å². The molecule has 2 unspecified atom stereocenters. The highest BCUT2D eigenvalue weighted by atomic mass is 32.2. The van der Waals surface area contributed by atoms with Gasteiger partial charge in [0.1, 0.15) is 6.10 Å². The molecule has 0 aliphatic carbocycles. The molecule has 0 rings (SSSR count). The number of nitrogens with zero attached hydrogens (tertiary/aromatic N) is 1. The molecule has 0 aromatic carbocycles. The minimum absolute atomic E-state index is 0.0779. The van der Waals surface area contributed by atoms with Crippen LogP contribution in [0.1, 0.15) is 20.3 Å². The SMILES string of the molecule is C#[Si]CCCN(CCNC(=O)C(C)CSCC(COP(=O)(O)O)OP(=O)(O)O)C(=O)C(=C)C. The van der Waals surface area contributed by atoms with E-state index in [0.29, 0.717) is 27.6 Å². The molecule has 33 heavy (non-hydrogen) atoms. The van der Waals surface area contributed by atoms with Crippen molar-refractivity contribution in [3.63, 3.8) is 0 Å². The van der Waals surface area contributed by atoms with Crippen LogP contribution in [0.25, 0.3) is 0 Å². The van der Waals surface area contributed by atoms with Crippen molar-refractivity contribution in [1.29, 1.82) is 0 Å². The summed E-state index contributed by atoms with van der Waals surface area (Å²) in [7, 11) is -9.45. The second kappa shape index (κ2) is 16.0. The number of thioether (sulfide) groups is 1. The topological polar surface area (TPSA) is 183 Å². The number of nitrogens with one attached hydrogen (secondary N) is 1. The van der Waals surface area contributed by atoms with Crippen LogP contribution in [0, 0.1) is 11.9 Å². The van der Waals surface area contributed by atoms with Crippen molar-refractivity contribution in [2.75, 3.05) is 37.7 Å². The quantitative estimate of drug-likeness (QED) is 0.0744. The summed E-state index contributed by atoms with van der Waals surface area (Å²) in [6.45, 7) is 7.23. The van der Waals surface area contributed by atoms with E-state index < -0.39 is 34.3 Å². The molecule has 0 aromatic rings. The Morgan fingerprint density at radius 2 is 1.82 bits per heavy atom. The predicted molar refractivity (Wildman–Crippen MR) is 126 cm³/mol. The smallest absolute Gasteiger partial charge is 0.354 e. The summed E-state index contributed by atoms with van der Waals surface area (Å²) in [5, 5.41) is 2.74. The lowest BCUT2D eigenvalue weighted by Gasteiger charge is -2.23. The first-order valence-corrected chi connectivity index (χ1v) is 15.3. The van der Waals surface area contributed by atoms with Crippen LogP contribution in [-0.2, 0) is 27.8 Å². The molecular weight excluding hydrogens is 514 g/mol. The van der Waals surface area contributed by atoms with Gasteiger partial charge in [0.15, 0.2) is 0 Å². The van der Waals surface area contributed by atoms with E-state index in [1.54, 1.807) is 18.7 Å². The molecule has 0 fully saturated rings. The number of hydrogen-bond donors (Lipinski definition) is 5. The van der Waals surface area contributed by atoms with Gasteiger partial charge in [-0.1, -0.05) is 13.5 Å². The van der Waals surface area contributed by atoms with Crippen molar-refractivity contribution < 1.29 is 47.3 Å². The predicted octanol–water partition coefficient (Wildman–Crippen LogP) is 0.565. The highest BCUT2D eigenvalue weighted by molar-refractivity contribution is 7.99. The Morgan fingerprint density at radius 1 is 1.18 bits per heavy atom. The average molecular weight is 547 g/mol. The molecular formula is C17H32N2O10P2SSi. The van der Waals surface area contributed by atoms with Gasteiger partial charge in [-0.05, 0) is 28.3 Å². The van der Waals surface area contributed by atoms with Crippen LogP contribution in [0.3, 0.4) is 0 Å². The van der Waals surface area contributed by atoms with Gasteiger partial charge in [0, 0.05) is 42.6 Å². The molecule has 190 valence electrons. The minimum atomic E-state index is -4.91. The van der Waals surface area contributed by atoms with E-state index in [9.17, 15) is 18.7 Å². The fraction of sp³-hybridized carbons (Fsp3) is 0.706. The minimum Gasteiger partial charge on any atom is -0.354 e. The summed E-state index contributed by atoms with van der Waals surface area (Å²) >= 11 is 1.10. The molecule has 16 heteroatoms. The van der Waals surface area contributed by atoms with E-state index in [1.807, 2.05) is 0 Å². The Morgan fingerprint density at radius 3 is 2.33 bits per heavy atom. The molecule has 0 aromatic heterocycles. The zero-order valence-corrected chi connectivity index (χ0v) is 22.2. The number of phosphoric ester groups is 2. The van der Waals surface area contributed by atoms with Crippen molar-refractivity contribution in [2.45, 2.75) is 32.4 Å². The van der Waals surface area contributed by atoms with E-state index in [0.717, 1.165) is 24.2 Å². The van der Waals surface area contributed by atoms with Crippen LogP contribution in [0.4, 0.5) is 0 Å². The third kappa shape index (κ3) is 17.4. The fourth-order valence-corrected chi connectivity index (χ4v) is 4.80. The van der Waals surface area contributed by atoms with Gasteiger partial charge in [-0.25, -0.2) is 9.13 Å². The van der Waals surface area contributed by atoms with Crippen molar-refractivity contribution in [1.82, 2.24) is 10.2 Å². The van der Waals surface area contributed by atoms with Crippen LogP contribution in [0.15, 0.2) is 12.2 Å². The number of phosphoric acid groups is 2. The number of carbonyl (C=O) groups excluding carboxylic acids is 2. The van der Waals surface area contributed by atoms with E-state index >= 15 is 0 Å². The maximum atomic E-state index is 12.3. The Kier molecular flexibility index (Phi) is 15.7. The van der Waals surface area contributed by atoms with Crippen LogP contribution < -0.4 is 5.32 Å². The molecule has 2 amide bonds. The fourth-order valence-electron chi connectivity index (χ4n) is 2.38. The number of amides is 2. The molecule has 2 atom stereocenters. The molecule has 5 N–H and O–H groups in total. The lowest BCUT2D eigenvalue weighted by Crippen LogP contribution is -2.41. The van der Waals surface area contributed by atoms with Crippen molar-refractivity contribution in [2.24, 2.45) is 5.92 Å². The van der Waals surface area contributed by atoms with Gasteiger partial charge < -0.3 is 29.8 Å². The normalized spacial score (nSPS) is 13.6. The molecule has 0 spiro atoms. The van der Waals surface area contributed by atoms with E-state index in [-0.39, 0.29) is 29.9 Å². The Hall–Kier alpha value is -0.753. The number of carbonyl (C=O) groups is 2. The Labute approximate surface area is 200 Å². The number of rotatable bonds is 17. The molecule has 0 saturated heterocycles. The molecule has 12 nitrogen and oxygen atoms in total. The Balaban J connectivity index is 4.57. The lowest BCUT2D eigenvalue weighted by atomic mass is 10.2. The highest BCUT2D eigenvalue weighted by Gasteiger charge is 2.26. The van der Waals surface area contributed by atoms with Gasteiger partial charge in [-0.3, -0.25) is 18.6 Å². The lowest BCUT2D eigenvalue weighted by molar-refractivity contribution is -0.128. The van der Waals surface area contributed by atoms with Gasteiger partial charge in [0.05, 0.1) is 6.61 Å². The standard InChI is InChI=1S/C17H32N2O10P2SSi/c1-13(2)17(21)19(7-5-9-33-4)8-6-18-16(20)14(3)11-32-12-15(29-31(25,26)27)10-28-30(22,23)24/h4,14-15H,1,5-12H2,2-3H3,(H,18,20)(H2,22,23,24)(H2,25,26,27). The van der Waals surface area contributed by atoms with Crippen LogP contribution in [-0.4, -0.2) is 89.1 Å². The number of hydrogen-bond acceptors (Lipinski definition) is 7. The molecule has 0 radical (unpaired) electrons. The zero-order chi connectivity index (χ0) is 25.7. The molecule has 0 aliphatic heterocycles. The van der Waals surface area contributed by atoms with Crippen LogP contribution in [0.2, 0.25) is 6.04 Å². The van der Waals surface area contributed by atoms with Crippen molar-refractivity contribution >= 4 is 48.2 Å². The first kappa shape index (κ1) is 32.2. The summed E-state index contributed by atoms with van der Waals surface area (Å²) in [5.41, 5.74) is 0.399. The summed E-state index contributed by atoms with van der Waals surface area (Å²) in [6.07, 6.45) is -0.548. The molecule has 0 saturated carbocycles. The van der Waals surface area contributed by atoms with Gasteiger partial charge in [0.25, 0.3) is 0 Å². The molecule has 0 heterocycles. The average Bonchev–Trinajstić information content (AvgIpc) is 2.68. The molecule has 0 bridgehead atoms. The Bertz CT molecular complexity index is 797. The largest absolute Gasteiger partial charge is 0.469 e. The van der Waals surface area contributed by atoms with Gasteiger partial charge >= 0.3 is 15.6 Å². The van der Waals surface area contributed by atoms with Crippen molar-refractivity contribution in [3.8, 4) is 6.00 Å². The third-order valence-corrected chi connectivity index (χ3v) is 6.96. The van der Waals surface area contributed by atoms with E-state index in [1.165, 1.54) is 0 Å². The van der Waals surface area contributed by atoms with Gasteiger partial charge in [-0.2, -0.15) is 17.8 Å². The third-order valence-electron chi connectivity index (χ3n) is 3.92. The molecule has 0 aliphatic rings. The first-order chi connectivity index (χ1) is 15.2. The van der Waals surface area contributed by atoms with Gasteiger partial charge in [-0.15, -0.1) is 0 Å². The summed E-state index contributed by atoms with van der Waals surface area (Å²) < 4.78 is 30.6.